The third-order valence-electron chi connectivity index (χ3n) is 5.05. The number of ketones is 1. The molecule has 0 spiro atoms. The van der Waals surface area contributed by atoms with Crippen LogP contribution in [0, 0.1) is 5.92 Å². The second-order valence-electron chi connectivity index (χ2n) is 7.22. The van der Waals surface area contributed by atoms with E-state index in [2.05, 4.69) is 10.0 Å². The van der Waals surface area contributed by atoms with E-state index in [9.17, 15) is 18.0 Å². The van der Waals surface area contributed by atoms with Crippen LogP contribution in [-0.4, -0.2) is 33.2 Å². The van der Waals surface area contributed by atoms with Gasteiger partial charge in [-0.1, -0.05) is 44.2 Å². The van der Waals surface area contributed by atoms with Crippen LogP contribution < -0.4 is 10.0 Å². The predicted octanol–water partition coefficient (Wildman–Crippen LogP) is 3.03. The fraction of sp³-hybridized carbons (Fsp3) is 0.600. The lowest BCUT2D eigenvalue weighted by molar-refractivity contribution is -0.120. The molecule has 2 N–H and O–H groups in total. The molecule has 1 aliphatic rings. The molecule has 1 amide bonds. The molecule has 7 heteroatoms. The Balaban J connectivity index is 1.65. The van der Waals surface area contributed by atoms with E-state index < -0.39 is 10.0 Å². The lowest BCUT2D eigenvalue weighted by Gasteiger charge is -2.21. The van der Waals surface area contributed by atoms with Gasteiger partial charge in [0, 0.05) is 25.1 Å². The summed E-state index contributed by atoms with van der Waals surface area (Å²) >= 11 is 0. The highest BCUT2D eigenvalue weighted by Gasteiger charge is 2.15. The molecular weight excluding hydrogens is 364 g/mol. The summed E-state index contributed by atoms with van der Waals surface area (Å²) < 4.78 is 26.8. The molecule has 1 fully saturated rings. The molecule has 0 saturated heterocycles. The van der Waals surface area contributed by atoms with E-state index in [0.29, 0.717) is 12.1 Å². The maximum absolute atomic E-state index is 12.2. The summed E-state index contributed by atoms with van der Waals surface area (Å²) in [6, 6.07) is 5.75. The van der Waals surface area contributed by atoms with Crippen LogP contribution in [0.2, 0.25) is 0 Å². The largest absolute Gasteiger partial charge is 0.356 e. The summed E-state index contributed by atoms with van der Waals surface area (Å²) in [5.74, 6) is 0.539. The first-order valence-corrected chi connectivity index (χ1v) is 11.2. The topological polar surface area (TPSA) is 92.3 Å². The summed E-state index contributed by atoms with van der Waals surface area (Å²) in [5.41, 5.74) is 0.460. The normalized spacial score (nSPS) is 15.4. The van der Waals surface area contributed by atoms with Crippen LogP contribution in [0.15, 0.2) is 29.2 Å². The highest BCUT2D eigenvalue weighted by molar-refractivity contribution is 7.89. The van der Waals surface area contributed by atoms with Gasteiger partial charge in [-0.05, 0) is 37.8 Å². The van der Waals surface area contributed by atoms with Gasteiger partial charge in [0.1, 0.15) is 0 Å². The summed E-state index contributed by atoms with van der Waals surface area (Å²) in [6.45, 7) is 2.12. The zero-order valence-electron chi connectivity index (χ0n) is 16.0. The number of amides is 1. The Hall–Kier alpha value is -1.73. The Labute approximate surface area is 162 Å². The van der Waals surface area contributed by atoms with Gasteiger partial charge in [0.05, 0.1) is 4.90 Å². The quantitative estimate of drug-likeness (QED) is 0.471. The van der Waals surface area contributed by atoms with Crippen LogP contribution in [-0.2, 0) is 14.8 Å². The zero-order chi connectivity index (χ0) is 19.7. The van der Waals surface area contributed by atoms with Gasteiger partial charge in [-0.3, -0.25) is 9.59 Å². The molecular formula is C20H30N2O4S. The molecule has 27 heavy (non-hydrogen) atoms. The lowest BCUT2D eigenvalue weighted by atomic mass is 9.86. The van der Waals surface area contributed by atoms with Crippen molar-refractivity contribution in [3.8, 4) is 0 Å². The molecule has 0 bridgehead atoms. The highest BCUT2D eigenvalue weighted by Crippen LogP contribution is 2.26. The number of sulfonamides is 1. The SMILES string of the molecule is CC(=O)c1ccc(S(=O)(=O)NCCC(=O)NCCCC2CCCCC2)cc1. The van der Waals surface area contributed by atoms with Crippen LogP contribution in [0.3, 0.4) is 0 Å². The number of hydrogen-bond donors (Lipinski definition) is 2. The number of benzene rings is 1. The Kier molecular flexibility index (Phi) is 8.44. The van der Waals surface area contributed by atoms with Crippen molar-refractivity contribution in [3.63, 3.8) is 0 Å². The molecule has 1 aromatic rings. The van der Waals surface area contributed by atoms with Crippen molar-refractivity contribution in [2.75, 3.05) is 13.1 Å². The molecule has 6 nitrogen and oxygen atoms in total. The van der Waals surface area contributed by atoms with E-state index in [1.165, 1.54) is 63.3 Å². The molecule has 0 atom stereocenters. The molecule has 0 heterocycles. The predicted molar refractivity (Wildman–Crippen MR) is 105 cm³/mol. The van der Waals surface area contributed by atoms with Crippen molar-refractivity contribution in [3.05, 3.63) is 29.8 Å². The minimum Gasteiger partial charge on any atom is -0.356 e. The molecule has 2 rings (SSSR count). The average molecular weight is 395 g/mol. The molecule has 150 valence electrons. The first kappa shape index (κ1) is 21.6. The van der Waals surface area contributed by atoms with Gasteiger partial charge in [-0.2, -0.15) is 0 Å². The Morgan fingerprint density at radius 2 is 1.70 bits per heavy atom. The van der Waals surface area contributed by atoms with Gasteiger partial charge >= 0.3 is 0 Å². The fourth-order valence-corrected chi connectivity index (χ4v) is 4.47. The molecule has 1 aromatic carbocycles. The number of Topliss-reactive ketones (excluding diaryl/α,β-unsaturated/α-hetero) is 1. The van der Waals surface area contributed by atoms with Crippen molar-refractivity contribution in [1.29, 1.82) is 0 Å². The monoisotopic (exact) mass is 394 g/mol. The molecule has 1 aliphatic carbocycles. The minimum absolute atomic E-state index is 0.0469. The number of hydrogen-bond acceptors (Lipinski definition) is 4. The van der Waals surface area contributed by atoms with Gasteiger partial charge in [0.15, 0.2) is 5.78 Å². The van der Waals surface area contributed by atoms with E-state index in [-0.39, 0.29) is 29.6 Å². The average Bonchev–Trinajstić information content (AvgIpc) is 2.66. The minimum atomic E-state index is -3.68. The van der Waals surface area contributed by atoms with Gasteiger partial charge in [-0.25, -0.2) is 13.1 Å². The van der Waals surface area contributed by atoms with E-state index in [4.69, 9.17) is 0 Å². The maximum Gasteiger partial charge on any atom is 0.240 e. The van der Waals surface area contributed by atoms with E-state index in [1.54, 1.807) is 0 Å². The molecule has 0 unspecified atom stereocenters. The number of carbonyl (C=O) groups excluding carboxylic acids is 2. The van der Waals surface area contributed by atoms with E-state index in [0.717, 1.165) is 18.8 Å². The third-order valence-corrected chi connectivity index (χ3v) is 6.53. The van der Waals surface area contributed by atoms with Crippen LogP contribution in [0.5, 0.6) is 0 Å². The molecule has 1 saturated carbocycles. The Morgan fingerprint density at radius 1 is 1.04 bits per heavy atom. The Morgan fingerprint density at radius 3 is 2.33 bits per heavy atom. The van der Waals surface area contributed by atoms with Crippen molar-refractivity contribution in [2.24, 2.45) is 5.92 Å². The second kappa shape index (κ2) is 10.6. The standard InChI is InChI=1S/C20H30N2O4S/c1-16(23)18-9-11-19(12-10-18)27(25,26)22-15-13-20(24)21-14-5-8-17-6-3-2-4-7-17/h9-12,17,22H,2-8,13-15H2,1H3,(H,21,24). The van der Waals surface area contributed by atoms with Crippen LogP contribution in [0.1, 0.15) is 68.6 Å². The smallest absolute Gasteiger partial charge is 0.240 e. The summed E-state index contributed by atoms with van der Waals surface area (Å²) in [6.07, 6.45) is 8.86. The van der Waals surface area contributed by atoms with Crippen LogP contribution in [0.25, 0.3) is 0 Å². The third kappa shape index (κ3) is 7.42. The number of carbonyl (C=O) groups is 2. The summed E-state index contributed by atoms with van der Waals surface area (Å²) in [4.78, 5) is 23.2. The van der Waals surface area contributed by atoms with Crippen molar-refractivity contribution in [1.82, 2.24) is 10.0 Å². The van der Waals surface area contributed by atoms with Gasteiger partial charge < -0.3 is 5.32 Å². The first-order valence-electron chi connectivity index (χ1n) is 9.76. The van der Waals surface area contributed by atoms with Crippen LogP contribution >= 0.6 is 0 Å². The van der Waals surface area contributed by atoms with E-state index >= 15 is 0 Å². The molecule has 0 aromatic heterocycles. The van der Waals surface area contributed by atoms with Gasteiger partial charge in [0.25, 0.3) is 0 Å². The van der Waals surface area contributed by atoms with Gasteiger partial charge in [-0.15, -0.1) is 0 Å². The lowest BCUT2D eigenvalue weighted by Crippen LogP contribution is -2.31. The number of rotatable bonds is 10. The Bertz CT molecular complexity index is 723. The van der Waals surface area contributed by atoms with Crippen LogP contribution in [0.4, 0.5) is 0 Å². The van der Waals surface area contributed by atoms with E-state index in [1.807, 2.05) is 0 Å². The number of nitrogens with one attached hydrogen (secondary N) is 2. The zero-order valence-corrected chi connectivity index (χ0v) is 16.8. The summed E-state index contributed by atoms with van der Waals surface area (Å²) in [5, 5.41) is 2.86. The highest BCUT2D eigenvalue weighted by atomic mass is 32.2. The summed E-state index contributed by atoms with van der Waals surface area (Å²) in [7, 11) is -3.68. The van der Waals surface area contributed by atoms with Crippen molar-refractivity contribution < 1.29 is 18.0 Å². The van der Waals surface area contributed by atoms with Crippen molar-refractivity contribution >= 4 is 21.7 Å². The van der Waals surface area contributed by atoms with Gasteiger partial charge in [0.2, 0.25) is 15.9 Å². The second-order valence-corrected chi connectivity index (χ2v) is 8.99. The first-order chi connectivity index (χ1) is 12.9. The molecule has 0 aliphatic heterocycles. The molecule has 0 radical (unpaired) electrons. The maximum atomic E-state index is 12.2. The fourth-order valence-electron chi connectivity index (χ4n) is 3.43. The van der Waals surface area contributed by atoms with Crippen molar-refractivity contribution in [2.45, 2.75) is 63.2 Å².